The van der Waals surface area contributed by atoms with E-state index in [4.69, 9.17) is 0 Å². The number of nitrogens with zero attached hydrogens (tertiary/aromatic N) is 2. The van der Waals surface area contributed by atoms with Crippen molar-refractivity contribution >= 4 is 24.8 Å². The SMILES string of the molecule is CC(C)(C)C([O-])=N[CH]c1ccccn1.[Li+].[Li]. The molecule has 0 N–H and O–H groups in total. The summed E-state index contributed by atoms with van der Waals surface area (Å²) >= 11 is 0. The molecule has 5 heteroatoms. The molecule has 3 nitrogen and oxygen atoms in total. The van der Waals surface area contributed by atoms with Gasteiger partial charge < -0.3 is 5.11 Å². The van der Waals surface area contributed by atoms with E-state index in [1.165, 1.54) is 6.54 Å². The van der Waals surface area contributed by atoms with E-state index in [2.05, 4.69) is 9.98 Å². The van der Waals surface area contributed by atoms with Crippen molar-refractivity contribution in [2.24, 2.45) is 10.4 Å². The summed E-state index contributed by atoms with van der Waals surface area (Å²) in [6.45, 7) is 7.01. The summed E-state index contributed by atoms with van der Waals surface area (Å²) < 4.78 is 0. The summed E-state index contributed by atoms with van der Waals surface area (Å²) in [4.78, 5) is 7.87. The molecule has 0 unspecified atom stereocenters. The number of aromatic nitrogens is 1. The summed E-state index contributed by atoms with van der Waals surface area (Å²) in [6.07, 6.45) is 1.67. The molecule has 1 aromatic heterocycles. The van der Waals surface area contributed by atoms with Crippen LogP contribution >= 0.6 is 0 Å². The quantitative estimate of drug-likeness (QED) is 0.318. The van der Waals surface area contributed by atoms with Crippen LogP contribution in [0.1, 0.15) is 26.5 Å². The van der Waals surface area contributed by atoms with Crippen LogP contribution in [0.3, 0.4) is 0 Å². The van der Waals surface area contributed by atoms with Crippen molar-refractivity contribution in [3.05, 3.63) is 36.6 Å². The fourth-order valence-corrected chi connectivity index (χ4v) is 0.771. The van der Waals surface area contributed by atoms with Gasteiger partial charge in [0.1, 0.15) is 6.54 Å². The number of rotatable bonds is 2. The predicted molar refractivity (Wildman–Crippen MR) is 60.3 cm³/mol. The number of hydrogen-bond donors (Lipinski definition) is 0. The van der Waals surface area contributed by atoms with Gasteiger partial charge in [0.2, 0.25) is 0 Å². The second kappa shape index (κ2) is 7.99. The van der Waals surface area contributed by atoms with Gasteiger partial charge in [-0.2, -0.15) is 0 Å². The molecule has 0 aliphatic rings. The molecule has 0 aliphatic carbocycles. The molecule has 1 rings (SSSR count). The number of pyridine rings is 1. The van der Waals surface area contributed by atoms with Crippen molar-refractivity contribution in [1.82, 2.24) is 4.98 Å². The Labute approximate surface area is 121 Å². The molecule has 1 aromatic rings. The smallest absolute Gasteiger partial charge is 0.862 e. The van der Waals surface area contributed by atoms with Gasteiger partial charge in [0.25, 0.3) is 0 Å². The van der Waals surface area contributed by atoms with E-state index in [1.54, 1.807) is 12.3 Å². The Balaban J connectivity index is 0. The van der Waals surface area contributed by atoms with Gasteiger partial charge in [0, 0.05) is 25.1 Å². The standard InChI is InChI=1S/C11H15N2O.2Li/c1-11(2,3)10(14)13-8-9-6-4-5-7-12-9;;/h4-8H,1-3H3,(H,13,14);;/q;;+1/p-1. The normalized spacial score (nSPS) is 11.3. The Hall–Kier alpha value is -0.185. The molecule has 0 amide bonds. The van der Waals surface area contributed by atoms with Crippen LogP contribution in [0.2, 0.25) is 0 Å². The van der Waals surface area contributed by atoms with Gasteiger partial charge in [-0.1, -0.05) is 26.8 Å². The minimum atomic E-state index is -0.425. The third kappa shape index (κ3) is 6.41. The molecule has 0 aromatic carbocycles. The molecule has 0 bridgehead atoms. The van der Waals surface area contributed by atoms with Crippen molar-refractivity contribution in [1.29, 1.82) is 0 Å². The van der Waals surface area contributed by atoms with Crippen molar-refractivity contribution in [2.75, 3.05) is 0 Å². The molecular weight excluding hydrogens is 190 g/mol. The topological polar surface area (TPSA) is 48.3 Å². The van der Waals surface area contributed by atoms with Gasteiger partial charge in [-0.3, -0.25) is 9.98 Å². The maximum absolute atomic E-state index is 11.4. The Bertz CT molecular complexity index is 321. The molecule has 0 saturated carbocycles. The van der Waals surface area contributed by atoms with E-state index in [0.717, 1.165) is 0 Å². The van der Waals surface area contributed by atoms with Crippen molar-refractivity contribution in [3.8, 4) is 0 Å². The zero-order chi connectivity index (χ0) is 10.6. The third-order valence-corrected chi connectivity index (χ3v) is 1.64. The molecule has 2 radical (unpaired) electrons. The van der Waals surface area contributed by atoms with Crippen LogP contribution < -0.4 is 24.0 Å². The Morgan fingerprint density at radius 3 is 2.44 bits per heavy atom. The summed E-state index contributed by atoms with van der Waals surface area (Å²) in [7, 11) is 0. The van der Waals surface area contributed by atoms with E-state index in [0.29, 0.717) is 5.69 Å². The first-order valence-electron chi connectivity index (χ1n) is 4.50. The van der Waals surface area contributed by atoms with Crippen LogP contribution in [-0.2, 0) is 0 Å². The van der Waals surface area contributed by atoms with Crippen LogP contribution in [0.15, 0.2) is 29.4 Å². The first kappa shape index (κ1) is 18.2. The van der Waals surface area contributed by atoms with Gasteiger partial charge in [-0.25, -0.2) is 0 Å². The van der Waals surface area contributed by atoms with E-state index >= 15 is 0 Å². The summed E-state index contributed by atoms with van der Waals surface area (Å²) in [5.41, 5.74) is 0.274. The first-order valence-corrected chi connectivity index (χ1v) is 4.50. The van der Waals surface area contributed by atoms with Crippen molar-refractivity contribution < 1.29 is 24.0 Å². The molecule has 0 atom stereocenters. The molecule has 1 heterocycles. The van der Waals surface area contributed by atoms with E-state index in [-0.39, 0.29) is 43.6 Å². The molecular formula is C11H14Li2N2O. The first-order chi connectivity index (χ1) is 6.50. The third-order valence-electron chi connectivity index (χ3n) is 1.64. The van der Waals surface area contributed by atoms with E-state index in [1.807, 2.05) is 32.9 Å². The second-order valence-corrected chi connectivity index (χ2v) is 4.07. The summed E-state index contributed by atoms with van der Waals surface area (Å²) in [6, 6.07) is 5.48. The van der Waals surface area contributed by atoms with Crippen LogP contribution in [0.25, 0.3) is 0 Å². The Morgan fingerprint density at radius 1 is 1.38 bits per heavy atom. The van der Waals surface area contributed by atoms with Gasteiger partial charge in [-0.05, 0) is 23.4 Å². The second-order valence-electron chi connectivity index (χ2n) is 4.07. The molecule has 0 aliphatic heterocycles. The van der Waals surface area contributed by atoms with Crippen LogP contribution in [-0.4, -0.2) is 29.7 Å². The van der Waals surface area contributed by atoms with Crippen LogP contribution in [0.5, 0.6) is 0 Å². The van der Waals surface area contributed by atoms with Gasteiger partial charge >= 0.3 is 18.9 Å². The zero-order valence-electron chi connectivity index (χ0n) is 10.7. The van der Waals surface area contributed by atoms with Gasteiger partial charge in [0.05, 0.1) is 5.69 Å². The molecule has 0 fully saturated rings. The Morgan fingerprint density at radius 2 is 2.00 bits per heavy atom. The molecule has 0 spiro atoms. The fourth-order valence-electron chi connectivity index (χ4n) is 0.771. The largest absolute Gasteiger partial charge is 1.00 e. The molecule has 76 valence electrons. The maximum atomic E-state index is 11.4. The van der Waals surface area contributed by atoms with Crippen LogP contribution in [0.4, 0.5) is 0 Å². The maximum Gasteiger partial charge on any atom is 1.00 e. The van der Waals surface area contributed by atoms with E-state index < -0.39 is 5.41 Å². The summed E-state index contributed by atoms with van der Waals surface area (Å²) in [5, 5.41) is 11.4. The van der Waals surface area contributed by atoms with Crippen molar-refractivity contribution in [3.63, 3.8) is 0 Å². The number of hydrogen-bond acceptors (Lipinski definition) is 3. The average molecular weight is 204 g/mol. The average Bonchev–Trinajstić information content (AvgIpc) is 2.14. The summed E-state index contributed by atoms with van der Waals surface area (Å²) in [5.74, 6) is -0.136. The van der Waals surface area contributed by atoms with Gasteiger partial charge in [-0.15, -0.1) is 0 Å². The fraction of sp³-hybridized carbons (Fsp3) is 0.364. The van der Waals surface area contributed by atoms with Crippen LogP contribution in [0, 0.1) is 12.0 Å². The minimum absolute atomic E-state index is 0. The van der Waals surface area contributed by atoms with Crippen molar-refractivity contribution in [2.45, 2.75) is 20.8 Å². The monoisotopic (exact) mass is 204 g/mol. The molecule has 16 heavy (non-hydrogen) atoms. The van der Waals surface area contributed by atoms with Gasteiger partial charge in [0.15, 0.2) is 0 Å². The Kier molecular flexibility index (Phi) is 9.08. The predicted octanol–water partition coefficient (Wildman–Crippen LogP) is -1.98. The minimum Gasteiger partial charge on any atom is -0.862 e. The number of aliphatic imine (C=N–C) groups is 1. The molecule has 0 saturated heterocycles. The zero-order valence-corrected chi connectivity index (χ0v) is 10.7. The van der Waals surface area contributed by atoms with E-state index in [9.17, 15) is 5.11 Å².